The van der Waals surface area contributed by atoms with Gasteiger partial charge in [0.05, 0.1) is 16.7 Å². The highest BCUT2D eigenvalue weighted by atomic mass is 16.3. The zero-order chi connectivity index (χ0) is 31.3. The second-order valence-electron chi connectivity index (χ2n) is 13.2. The molecule has 0 unspecified atom stereocenters. The summed E-state index contributed by atoms with van der Waals surface area (Å²) in [6, 6.07) is 50.4. The number of para-hydroxylation sites is 2. The highest BCUT2D eigenvalue weighted by Crippen LogP contribution is 2.51. The van der Waals surface area contributed by atoms with Crippen LogP contribution in [0.5, 0.6) is 0 Å². The molecule has 0 aliphatic heterocycles. The molecule has 47 heavy (non-hydrogen) atoms. The molecule has 1 aliphatic carbocycles. The maximum atomic E-state index is 6.29. The van der Waals surface area contributed by atoms with Crippen LogP contribution in [0.3, 0.4) is 0 Å². The van der Waals surface area contributed by atoms with Gasteiger partial charge in [-0.25, -0.2) is 0 Å². The number of hydrogen-bond donors (Lipinski definition) is 0. The van der Waals surface area contributed by atoms with Gasteiger partial charge in [0.15, 0.2) is 0 Å². The standard InChI is InChI=1S/C44H30N2O/c1-44(2)37-24-29(16-20-31(37)34-25-36-33-10-4-6-13-42(33)47-43(36)26-38(34)44)28-17-21-41-35(23-28)32-9-3-5-12-40(32)46(41)30-18-14-27(15-19-30)39-11-7-8-22-45-39/h3-26H,1-2H3. The molecule has 222 valence electrons. The molecule has 3 nitrogen and oxygen atoms in total. The molecule has 0 N–H and O–H groups in total. The average Bonchev–Trinajstić information content (AvgIpc) is 3.73. The van der Waals surface area contributed by atoms with Crippen LogP contribution < -0.4 is 0 Å². The summed E-state index contributed by atoms with van der Waals surface area (Å²) in [4.78, 5) is 4.53. The number of nitrogens with zero attached hydrogens (tertiary/aromatic N) is 2. The van der Waals surface area contributed by atoms with Crippen LogP contribution in [-0.4, -0.2) is 9.55 Å². The molecule has 3 heteroatoms. The van der Waals surface area contributed by atoms with Crippen molar-refractivity contribution in [3.63, 3.8) is 0 Å². The fourth-order valence-electron chi connectivity index (χ4n) is 7.88. The Bertz CT molecular complexity index is 2690. The predicted molar refractivity (Wildman–Crippen MR) is 194 cm³/mol. The predicted octanol–water partition coefficient (Wildman–Crippen LogP) is 11.7. The Balaban J connectivity index is 1.09. The van der Waals surface area contributed by atoms with E-state index in [9.17, 15) is 0 Å². The van der Waals surface area contributed by atoms with Crippen molar-refractivity contribution in [1.29, 1.82) is 0 Å². The fourth-order valence-corrected chi connectivity index (χ4v) is 7.88. The molecular formula is C44H30N2O. The first-order valence-electron chi connectivity index (χ1n) is 16.2. The zero-order valence-electron chi connectivity index (χ0n) is 26.2. The molecule has 10 rings (SSSR count). The van der Waals surface area contributed by atoms with Gasteiger partial charge >= 0.3 is 0 Å². The van der Waals surface area contributed by atoms with Gasteiger partial charge in [-0.2, -0.15) is 0 Å². The van der Waals surface area contributed by atoms with Gasteiger partial charge in [-0.3, -0.25) is 4.98 Å². The lowest BCUT2D eigenvalue weighted by Crippen LogP contribution is -2.15. The number of rotatable bonds is 3. The molecule has 1 aliphatic rings. The van der Waals surface area contributed by atoms with Gasteiger partial charge in [0, 0.05) is 44.4 Å². The Kier molecular flexibility index (Phi) is 5.34. The van der Waals surface area contributed by atoms with Gasteiger partial charge in [0.2, 0.25) is 0 Å². The van der Waals surface area contributed by atoms with Crippen LogP contribution in [0.15, 0.2) is 150 Å². The van der Waals surface area contributed by atoms with Gasteiger partial charge in [0.25, 0.3) is 0 Å². The van der Waals surface area contributed by atoms with Crippen LogP contribution >= 0.6 is 0 Å². The Hall–Kier alpha value is -5.93. The molecule has 6 aromatic carbocycles. The van der Waals surface area contributed by atoms with Crippen LogP contribution in [0.25, 0.3) is 82.9 Å². The van der Waals surface area contributed by atoms with Crippen molar-refractivity contribution in [2.45, 2.75) is 19.3 Å². The first-order valence-corrected chi connectivity index (χ1v) is 16.2. The number of furan rings is 1. The summed E-state index contributed by atoms with van der Waals surface area (Å²) in [7, 11) is 0. The van der Waals surface area contributed by atoms with Gasteiger partial charge in [0.1, 0.15) is 11.2 Å². The first-order chi connectivity index (χ1) is 23.0. The van der Waals surface area contributed by atoms with E-state index in [1.807, 2.05) is 24.4 Å². The largest absolute Gasteiger partial charge is 0.456 e. The van der Waals surface area contributed by atoms with Crippen LogP contribution in [-0.2, 0) is 5.41 Å². The van der Waals surface area contributed by atoms with E-state index in [0.29, 0.717) is 0 Å². The second-order valence-corrected chi connectivity index (χ2v) is 13.2. The van der Waals surface area contributed by atoms with Crippen molar-refractivity contribution in [2.24, 2.45) is 0 Å². The smallest absolute Gasteiger partial charge is 0.135 e. The maximum absolute atomic E-state index is 6.29. The summed E-state index contributed by atoms with van der Waals surface area (Å²) in [6.07, 6.45) is 1.84. The van der Waals surface area contributed by atoms with Gasteiger partial charge in [-0.1, -0.05) is 86.6 Å². The van der Waals surface area contributed by atoms with Crippen molar-refractivity contribution >= 4 is 43.7 Å². The quantitative estimate of drug-likeness (QED) is 0.201. The summed E-state index contributed by atoms with van der Waals surface area (Å²) in [5.74, 6) is 0. The number of benzene rings is 6. The van der Waals surface area contributed by atoms with E-state index in [4.69, 9.17) is 4.42 Å². The van der Waals surface area contributed by atoms with E-state index in [1.54, 1.807) is 0 Å². The molecule has 3 aromatic heterocycles. The second kappa shape index (κ2) is 9.54. The maximum Gasteiger partial charge on any atom is 0.135 e. The lowest BCUT2D eigenvalue weighted by molar-refractivity contribution is 0.647. The molecular weight excluding hydrogens is 572 g/mol. The van der Waals surface area contributed by atoms with Crippen molar-refractivity contribution in [2.75, 3.05) is 0 Å². The Labute approximate surface area is 272 Å². The Morgan fingerprint density at radius 2 is 1.21 bits per heavy atom. The minimum absolute atomic E-state index is 0.143. The normalized spacial score (nSPS) is 13.5. The fraction of sp³-hybridized carbons (Fsp3) is 0.0682. The third-order valence-electron chi connectivity index (χ3n) is 10.3. The third-order valence-corrected chi connectivity index (χ3v) is 10.3. The van der Waals surface area contributed by atoms with Crippen molar-refractivity contribution in [3.05, 3.63) is 157 Å². The topological polar surface area (TPSA) is 31.0 Å². The monoisotopic (exact) mass is 602 g/mol. The number of pyridine rings is 1. The highest BCUT2D eigenvalue weighted by molar-refractivity contribution is 6.11. The zero-order valence-corrected chi connectivity index (χ0v) is 26.2. The van der Waals surface area contributed by atoms with E-state index < -0.39 is 0 Å². The Morgan fingerprint density at radius 1 is 0.511 bits per heavy atom. The van der Waals surface area contributed by atoms with E-state index in [1.165, 1.54) is 66.0 Å². The van der Waals surface area contributed by atoms with Crippen molar-refractivity contribution in [1.82, 2.24) is 9.55 Å². The molecule has 3 heterocycles. The molecule has 0 radical (unpaired) electrons. The third kappa shape index (κ3) is 3.77. The van der Waals surface area contributed by atoms with E-state index in [2.05, 4.69) is 145 Å². The highest BCUT2D eigenvalue weighted by Gasteiger charge is 2.36. The summed E-state index contributed by atoms with van der Waals surface area (Å²) < 4.78 is 8.67. The van der Waals surface area contributed by atoms with Crippen molar-refractivity contribution < 1.29 is 4.42 Å². The van der Waals surface area contributed by atoms with Gasteiger partial charge < -0.3 is 8.98 Å². The van der Waals surface area contributed by atoms with E-state index in [-0.39, 0.29) is 5.41 Å². The van der Waals surface area contributed by atoms with E-state index in [0.717, 1.165) is 28.1 Å². The van der Waals surface area contributed by atoms with Crippen molar-refractivity contribution in [3.8, 4) is 39.2 Å². The number of aromatic nitrogens is 2. The van der Waals surface area contributed by atoms with Crippen LogP contribution in [0.4, 0.5) is 0 Å². The summed E-state index contributed by atoms with van der Waals surface area (Å²) >= 11 is 0. The molecule has 0 spiro atoms. The summed E-state index contributed by atoms with van der Waals surface area (Å²) in [5.41, 5.74) is 15.1. The summed E-state index contributed by atoms with van der Waals surface area (Å²) in [6.45, 7) is 4.68. The van der Waals surface area contributed by atoms with Crippen LogP contribution in [0.2, 0.25) is 0 Å². The minimum atomic E-state index is -0.143. The Morgan fingerprint density at radius 3 is 2.06 bits per heavy atom. The molecule has 0 saturated heterocycles. The van der Waals surface area contributed by atoms with Crippen LogP contribution in [0.1, 0.15) is 25.0 Å². The lowest BCUT2D eigenvalue weighted by Gasteiger charge is -2.22. The first kappa shape index (κ1) is 26.3. The lowest BCUT2D eigenvalue weighted by atomic mass is 9.81. The number of hydrogen-bond acceptors (Lipinski definition) is 2. The van der Waals surface area contributed by atoms with E-state index >= 15 is 0 Å². The molecule has 0 saturated carbocycles. The molecule has 9 aromatic rings. The minimum Gasteiger partial charge on any atom is -0.456 e. The average molecular weight is 603 g/mol. The van der Waals surface area contributed by atoms with Gasteiger partial charge in [-0.15, -0.1) is 0 Å². The van der Waals surface area contributed by atoms with Gasteiger partial charge in [-0.05, 0) is 100 Å². The molecule has 0 amide bonds. The molecule has 0 atom stereocenters. The number of fused-ring (bicyclic) bond motifs is 9. The molecule has 0 fully saturated rings. The summed E-state index contributed by atoms with van der Waals surface area (Å²) in [5, 5.41) is 4.86. The van der Waals surface area contributed by atoms with Crippen LogP contribution in [0, 0.1) is 0 Å². The molecule has 0 bridgehead atoms. The SMILES string of the molecule is CC1(C)c2cc(-c3ccc4c(c3)c3ccccc3n4-c3ccc(-c4ccccn4)cc3)ccc2-c2cc3c(cc21)oc1ccccc13.